The second kappa shape index (κ2) is 14.5. The summed E-state index contributed by atoms with van der Waals surface area (Å²) in [5, 5.41) is 42.0. The molecule has 0 amide bonds. The fourth-order valence-corrected chi connectivity index (χ4v) is 7.20. The van der Waals surface area contributed by atoms with E-state index in [9.17, 15) is 25.2 Å². The van der Waals surface area contributed by atoms with Crippen LogP contribution in [0.2, 0.25) is 0 Å². The molecule has 4 N–H and O–H groups in total. The fourth-order valence-electron chi connectivity index (χ4n) is 7.20. The maximum atomic E-state index is 11.5. The normalized spacial score (nSPS) is 28.4. The molecule has 3 rings (SSSR count). The third-order valence-corrected chi connectivity index (χ3v) is 10.1. The molecule has 2 aliphatic rings. The second-order valence-electron chi connectivity index (χ2n) is 14.2. The molecule has 1 aromatic carbocycles. The lowest BCUT2D eigenvalue weighted by atomic mass is 9.68. The molecule has 0 heterocycles. The van der Waals surface area contributed by atoms with Gasteiger partial charge in [0.05, 0.1) is 17.6 Å². The topological polar surface area (TPSA) is 98.0 Å². The molecule has 1 aromatic rings. The molecule has 0 bridgehead atoms. The number of aliphatic hydroxyl groups excluding tert-OH is 3. The Morgan fingerprint density at radius 3 is 1.67 bits per heavy atom. The summed E-state index contributed by atoms with van der Waals surface area (Å²) in [5.41, 5.74) is 1.75. The Labute approximate surface area is 237 Å². The zero-order valence-corrected chi connectivity index (χ0v) is 25.1. The van der Waals surface area contributed by atoms with Crippen LogP contribution in [-0.2, 0) is 4.79 Å². The quantitative estimate of drug-likeness (QED) is 0.183. The van der Waals surface area contributed by atoms with Crippen LogP contribution in [0.15, 0.2) is 24.3 Å². The van der Waals surface area contributed by atoms with Crippen LogP contribution in [0.25, 0.3) is 0 Å². The zero-order valence-electron chi connectivity index (χ0n) is 25.1. The molecule has 0 aliphatic heterocycles. The largest absolute Gasteiger partial charge is 0.481 e. The highest BCUT2D eigenvalue weighted by atomic mass is 16.4. The molecule has 5 heteroatoms. The van der Waals surface area contributed by atoms with E-state index < -0.39 is 17.5 Å². The minimum atomic E-state index is -0.741. The van der Waals surface area contributed by atoms with Crippen LogP contribution >= 0.6 is 0 Å². The molecule has 5 nitrogen and oxygen atoms in total. The molecule has 0 saturated heterocycles. The van der Waals surface area contributed by atoms with Crippen LogP contribution in [0.1, 0.15) is 141 Å². The van der Waals surface area contributed by atoms with Gasteiger partial charge in [0.25, 0.3) is 0 Å². The number of aliphatic carboxylic acids is 1. The number of hydrogen-bond donors (Lipinski definition) is 4. The molecule has 39 heavy (non-hydrogen) atoms. The molecular formula is C34H56O5. The standard InChI is InChI=1S/C34H56O5/c1-33(2,23-35)21-9-7-13-24-15-11-19-28(30(24)36)26-17-5-6-18-27(26)29-20-12-16-25(31(29)37)14-8-10-22-34(3,4)32(38)39/h5-6,17-18,24-25,28-31,35-37H,7-16,19-23H2,1-4H3,(H,38,39). The van der Waals surface area contributed by atoms with Gasteiger partial charge in [-0.05, 0) is 93.6 Å². The monoisotopic (exact) mass is 544 g/mol. The van der Waals surface area contributed by atoms with E-state index in [1.165, 1.54) is 11.1 Å². The van der Waals surface area contributed by atoms with Gasteiger partial charge in [-0.1, -0.05) is 76.6 Å². The van der Waals surface area contributed by atoms with Crippen molar-refractivity contribution in [3.05, 3.63) is 35.4 Å². The number of hydrogen-bond acceptors (Lipinski definition) is 4. The Hall–Kier alpha value is -1.43. The Balaban J connectivity index is 1.62. The van der Waals surface area contributed by atoms with Crippen molar-refractivity contribution in [2.45, 2.75) is 142 Å². The van der Waals surface area contributed by atoms with Gasteiger partial charge in [-0.3, -0.25) is 4.79 Å². The minimum Gasteiger partial charge on any atom is -0.481 e. The number of benzene rings is 1. The number of carbonyl (C=O) groups is 1. The average Bonchev–Trinajstić information content (AvgIpc) is 2.91. The third kappa shape index (κ3) is 8.78. The molecule has 0 aromatic heterocycles. The van der Waals surface area contributed by atoms with Crippen molar-refractivity contribution in [2.24, 2.45) is 22.7 Å². The van der Waals surface area contributed by atoms with Gasteiger partial charge in [-0.25, -0.2) is 0 Å². The lowest BCUT2D eigenvalue weighted by molar-refractivity contribution is -0.147. The van der Waals surface area contributed by atoms with Crippen molar-refractivity contribution in [1.82, 2.24) is 0 Å². The maximum Gasteiger partial charge on any atom is 0.309 e. The van der Waals surface area contributed by atoms with Crippen LogP contribution in [0.5, 0.6) is 0 Å². The summed E-state index contributed by atoms with van der Waals surface area (Å²) in [5.74, 6) is 0.0445. The first kappa shape index (κ1) is 32.1. The Kier molecular flexibility index (Phi) is 11.9. The number of carboxylic acids is 1. The Bertz CT molecular complexity index is 893. The van der Waals surface area contributed by atoms with E-state index in [-0.39, 0.29) is 35.9 Å². The molecule has 2 fully saturated rings. The van der Waals surface area contributed by atoms with Gasteiger partial charge in [0, 0.05) is 18.4 Å². The fraction of sp³-hybridized carbons (Fsp3) is 0.794. The molecule has 2 saturated carbocycles. The Morgan fingerprint density at radius 1 is 0.769 bits per heavy atom. The Morgan fingerprint density at radius 2 is 1.23 bits per heavy atom. The third-order valence-electron chi connectivity index (χ3n) is 10.1. The van der Waals surface area contributed by atoms with Crippen molar-refractivity contribution in [2.75, 3.05) is 6.61 Å². The van der Waals surface area contributed by atoms with E-state index in [1.807, 2.05) is 0 Å². The van der Waals surface area contributed by atoms with E-state index in [0.717, 1.165) is 83.5 Å². The predicted molar refractivity (Wildman–Crippen MR) is 158 cm³/mol. The molecular weight excluding hydrogens is 488 g/mol. The summed E-state index contributed by atoms with van der Waals surface area (Å²) in [6.45, 7) is 8.02. The van der Waals surface area contributed by atoms with E-state index in [2.05, 4.69) is 38.1 Å². The zero-order chi connectivity index (χ0) is 28.6. The number of unbranched alkanes of at least 4 members (excludes halogenated alkanes) is 2. The van der Waals surface area contributed by atoms with Crippen LogP contribution < -0.4 is 0 Å². The van der Waals surface area contributed by atoms with Crippen molar-refractivity contribution in [1.29, 1.82) is 0 Å². The van der Waals surface area contributed by atoms with Crippen molar-refractivity contribution in [3.63, 3.8) is 0 Å². The van der Waals surface area contributed by atoms with Gasteiger partial charge in [-0.15, -0.1) is 0 Å². The van der Waals surface area contributed by atoms with Crippen molar-refractivity contribution < 1.29 is 25.2 Å². The molecule has 6 unspecified atom stereocenters. The molecule has 222 valence electrons. The van der Waals surface area contributed by atoms with Crippen molar-refractivity contribution in [3.8, 4) is 0 Å². The lowest BCUT2D eigenvalue weighted by Gasteiger charge is -2.40. The summed E-state index contributed by atoms with van der Waals surface area (Å²) >= 11 is 0. The van der Waals surface area contributed by atoms with Gasteiger partial charge < -0.3 is 20.4 Å². The van der Waals surface area contributed by atoms with Gasteiger partial charge in [0.15, 0.2) is 0 Å². The lowest BCUT2D eigenvalue weighted by Crippen LogP contribution is -2.35. The molecule has 6 atom stereocenters. The number of rotatable bonds is 14. The molecule has 0 radical (unpaired) electrons. The van der Waals surface area contributed by atoms with Crippen LogP contribution in [-0.4, -0.2) is 45.2 Å². The summed E-state index contributed by atoms with van der Waals surface area (Å²) in [6.07, 6.45) is 13.2. The maximum absolute atomic E-state index is 11.5. The average molecular weight is 545 g/mol. The SMILES string of the molecule is CC(C)(CO)CCCCC1CCCC(c2ccccc2C2CCCC(CCCCC(C)(C)C(=O)O)C2O)C1O. The highest BCUT2D eigenvalue weighted by Gasteiger charge is 2.38. The first-order valence-electron chi connectivity index (χ1n) is 15.8. The van der Waals surface area contributed by atoms with Crippen molar-refractivity contribution >= 4 is 5.97 Å². The summed E-state index contributed by atoms with van der Waals surface area (Å²) in [6, 6.07) is 8.55. The van der Waals surface area contributed by atoms with Gasteiger partial charge in [0.1, 0.15) is 0 Å². The van der Waals surface area contributed by atoms with E-state index in [0.29, 0.717) is 12.3 Å². The number of aliphatic hydroxyl groups is 3. The summed E-state index contributed by atoms with van der Waals surface area (Å²) in [7, 11) is 0. The van der Waals surface area contributed by atoms with Crippen LogP contribution in [0.4, 0.5) is 0 Å². The van der Waals surface area contributed by atoms with Crippen LogP contribution in [0, 0.1) is 22.7 Å². The van der Waals surface area contributed by atoms with E-state index in [1.54, 1.807) is 13.8 Å². The second-order valence-corrected chi connectivity index (χ2v) is 14.2. The highest BCUT2D eigenvalue weighted by molar-refractivity contribution is 5.73. The van der Waals surface area contributed by atoms with E-state index >= 15 is 0 Å². The highest BCUT2D eigenvalue weighted by Crippen LogP contribution is 2.45. The summed E-state index contributed by atoms with van der Waals surface area (Å²) < 4.78 is 0. The first-order chi connectivity index (χ1) is 18.5. The molecule has 2 aliphatic carbocycles. The summed E-state index contributed by atoms with van der Waals surface area (Å²) in [4.78, 5) is 11.4. The van der Waals surface area contributed by atoms with E-state index in [4.69, 9.17) is 0 Å². The minimum absolute atomic E-state index is 0.0274. The molecule has 0 spiro atoms. The number of carboxylic acid groups (broad SMARTS) is 1. The smallest absolute Gasteiger partial charge is 0.309 e. The van der Waals surface area contributed by atoms with Gasteiger partial charge in [0.2, 0.25) is 0 Å². The first-order valence-corrected chi connectivity index (χ1v) is 15.8. The van der Waals surface area contributed by atoms with Gasteiger partial charge in [-0.2, -0.15) is 0 Å². The van der Waals surface area contributed by atoms with Crippen LogP contribution in [0.3, 0.4) is 0 Å². The van der Waals surface area contributed by atoms with Gasteiger partial charge >= 0.3 is 5.97 Å². The predicted octanol–water partition coefficient (Wildman–Crippen LogP) is 7.43.